The third-order valence-corrected chi connectivity index (χ3v) is 5.04. The van der Waals surface area contributed by atoms with Crippen LogP contribution >= 0.6 is 0 Å². The van der Waals surface area contributed by atoms with Crippen molar-refractivity contribution >= 4 is 21.9 Å². The molecule has 5 rings (SSSR count). The van der Waals surface area contributed by atoms with Crippen molar-refractivity contribution < 1.29 is 0 Å². The molecule has 7 nitrogen and oxygen atoms in total. The van der Waals surface area contributed by atoms with Gasteiger partial charge in [0.2, 0.25) is 0 Å². The Morgan fingerprint density at radius 2 is 1.80 bits per heavy atom. The van der Waals surface area contributed by atoms with Crippen molar-refractivity contribution in [1.29, 1.82) is 0 Å². The maximum atomic E-state index is 12.9. The summed E-state index contributed by atoms with van der Waals surface area (Å²) in [6.45, 7) is 3.87. The van der Waals surface area contributed by atoms with E-state index in [9.17, 15) is 9.59 Å². The lowest BCUT2D eigenvalue weighted by Crippen LogP contribution is -2.29. The molecule has 1 N–H and O–H groups in total. The van der Waals surface area contributed by atoms with Crippen LogP contribution in [0.5, 0.6) is 0 Å². The molecule has 0 fully saturated rings. The fraction of sp³-hybridized carbons (Fsp3) is 0.0870. The summed E-state index contributed by atoms with van der Waals surface area (Å²) >= 11 is 0. The van der Waals surface area contributed by atoms with E-state index in [1.54, 1.807) is 6.20 Å². The zero-order chi connectivity index (χ0) is 20.8. The van der Waals surface area contributed by atoms with E-state index in [1.807, 2.05) is 62.4 Å². The summed E-state index contributed by atoms with van der Waals surface area (Å²) in [5, 5.41) is 0.301. The number of nitrogens with zero attached hydrogens (tertiary/aromatic N) is 4. The van der Waals surface area contributed by atoms with Crippen LogP contribution in [0.3, 0.4) is 0 Å². The number of rotatable bonds is 2. The van der Waals surface area contributed by atoms with Crippen LogP contribution in [-0.4, -0.2) is 24.5 Å². The number of benzene rings is 1. The standard InChI is InChI=1S/C23H17N5O2/c1-13-4-3-5-16(10-13)28-21-17(22(29)27-23(28)30)12-25-19-9-8-18(26-20(19)21)15-7-6-14(2)24-11-15/h3-12H,1-2H3,(H,27,29,30). The quantitative estimate of drug-likeness (QED) is 0.463. The molecule has 1 aromatic carbocycles. The average molecular weight is 395 g/mol. The zero-order valence-corrected chi connectivity index (χ0v) is 16.4. The first-order valence-electron chi connectivity index (χ1n) is 9.46. The fourth-order valence-electron chi connectivity index (χ4n) is 3.56. The molecule has 0 unspecified atom stereocenters. The largest absolute Gasteiger partial charge is 0.333 e. The van der Waals surface area contributed by atoms with Gasteiger partial charge < -0.3 is 0 Å². The normalized spacial score (nSPS) is 11.3. The molecular formula is C23H17N5O2. The van der Waals surface area contributed by atoms with Gasteiger partial charge in [-0.15, -0.1) is 0 Å². The molecule has 7 heteroatoms. The number of aromatic nitrogens is 5. The Hall–Kier alpha value is -4.13. The van der Waals surface area contributed by atoms with E-state index in [1.165, 1.54) is 10.8 Å². The van der Waals surface area contributed by atoms with Crippen LogP contribution in [0, 0.1) is 13.8 Å². The van der Waals surface area contributed by atoms with Gasteiger partial charge in [0.1, 0.15) is 5.52 Å². The van der Waals surface area contributed by atoms with Crippen LogP contribution in [0.1, 0.15) is 11.3 Å². The predicted molar refractivity (Wildman–Crippen MR) is 116 cm³/mol. The number of hydrogen-bond donors (Lipinski definition) is 1. The number of nitrogens with one attached hydrogen (secondary N) is 1. The van der Waals surface area contributed by atoms with E-state index in [2.05, 4.69) is 15.0 Å². The van der Waals surface area contributed by atoms with Gasteiger partial charge >= 0.3 is 5.69 Å². The third kappa shape index (κ3) is 2.88. The molecule has 0 aliphatic carbocycles. The first-order chi connectivity index (χ1) is 14.5. The van der Waals surface area contributed by atoms with Crippen LogP contribution in [0.2, 0.25) is 0 Å². The highest BCUT2D eigenvalue weighted by atomic mass is 16.2. The average Bonchev–Trinajstić information content (AvgIpc) is 2.74. The van der Waals surface area contributed by atoms with Gasteiger partial charge in [-0.3, -0.25) is 24.3 Å². The Kier molecular flexibility index (Phi) is 4.03. The molecule has 0 saturated carbocycles. The number of aromatic amines is 1. The molecule has 0 atom stereocenters. The van der Waals surface area contributed by atoms with E-state index < -0.39 is 11.2 Å². The summed E-state index contributed by atoms with van der Waals surface area (Å²) < 4.78 is 1.48. The molecule has 0 spiro atoms. The summed E-state index contributed by atoms with van der Waals surface area (Å²) in [5.41, 5.74) is 4.59. The van der Waals surface area contributed by atoms with Crippen molar-refractivity contribution in [2.75, 3.05) is 0 Å². The molecule has 30 heavy (non-hydrogen) atoms. The van der Waals surface area contributed by atoms with Gasteiger partial charge in [-0.2, -0.15) is 0 Å². The van der Waals surface area contributed by atoms with Crippen LogP contribution in [0.15, 0.2) is 70.5 Å². The number of hydrogen-bond acceptors (Lipinski definition) is 5. The van der Waals surface area contributed by atoms with E-state index in [4.69, 9.17) is 4.98 Å². The highest BCUT2D eigenvalue weighted by Gasteiger charge is 2.15. The third-order valence-electron chi connectivity index (χ3n) is 5.04. The molecule has 0 aliphatic rings. The van der Waals surface area contributed by atoms with Gasteiger partial charge in [0.25, 0.3) is 5.56 Å². The lowest BCUT2D eigenvalue weighted by Gasteiger charge is -2.12. The van der Waals surface area contributed by atoms with Crippen molar-refractivity contribution in [3.05, 3.63) is 93.0 Å². The molecule has 146 valence electrons. The zero-order valence-electron chi connectivity index (χ0n) is 16.4. The highest BCUT2D eigenvalue weighted by Crippen LogP contribution is 2.25. The van der Waals surface area contributed by atoms with Gasteiger partial charge in [-0.05, 0) is 55.8 Å². The number of aryl methyl sites for hydroxylation is 2. The topological polar surface area (TPSA) is 93.5 Å². The van der Waals surface area contributed by atoms with Crippen molar-refractivity contribution in [2.24, 2.45) is 0 Å². The lowest BCUT2D eigenvalue weighted by molar-refractivity contribution is 0.942. The van der Waals surface area contributed by atoms with Crippen molar-refractivity contribution in [2.45, 2.75) is 13.8 Å². The Labute approximate surface area is 170 Å². The summed E-state index contributed by atoms with van der Waals surface area (Å²) in [6.07, 6.45) is 3.24. The highest BCUT2D eigenvalue weighted by molar-refractivity contribution is 6.01. The second-order valence-corrected chi connectivity index (χ2v) is 7.21. The molecule has 4 aromatic heterocycles. The maximum absolute atomic E-state index is 12.9. The van der Waals surface area contributed by atoms with Crippen LogP contribution in [-0.2, 0) is 0 Å². The molecule has 0 bridgehead atoms. The number of fused-ring (bicyclic) bond motifs is 3. The van der Waals surface area contributed by atoms with Gasteiger partial charge in [0.15, 0.2) is 0 Å². The van der Waals surface area contributed by atoms with Gasteiger partial charge in [0.05, 0.1) is 27.8 Å². The van der Waals surface area contributed by atoms with Crippen LogP contribution in [0.4, 0.5) is 0 Å². The minimum Gasteiger partial charge on any atom is -0.273 e. The Bertz CT molecular complexity index is 1550. The molecule has 0 aliphatic heterocycles. The summed E-state index contributed by atoms with van der Waals surface area (Å²) in [7, 11) is 0. The van der Waals surface area contributed by atoms with E-state index in [-0.39, 0.29) is 0 Å². The molecule has 0 amide bonds. The Morgan fingerprint density at radius 1 is 0.933 bits per heavy atom. The van der Waals surface area contributed by atoms with Crippen LogP contribution in [0.25, 0.3) is 38.9 Å². The SMILES string of the molecule is Cc1cccc(-n2c(=O)[nH]c(=O)c3cnc4ccc(-c5ccc(C)nc5)nc4c32)c1. The van der Waals surface area contributed by atoms with E-state index >= 15 is 0 Å². The fourth-order valence-corrected chi connectivity index (χ4v) is 3.56. The summed E-state index contributed by atoms with van der Waals surface area (Å²) in [4.78, 5) is 41.3. The van der Waals surface area contributed by atoms with E-state index in [0.29, 0.717) is 33.3 Å². The Balaban J connectivity index is 1.92. The summed E-state index contributed by atoms with van der Waals surface area (Å²) in [6, 6.07) is 15.1. The molecule has 0 saturated heterocycles. The van der Waals surface area contributed by atoms with Crippen molar-refractivity contribution in [1.82, 2.24) is 24.5 Å². The first kappa shape index (κ1) is 17.9. The lowest BCUT2D eigenvalue weighted by atomic mass is 10.1. The van der Waals surface area contributed by atoms with Gasteiger partial charge in [0, 0.05) is 23.7 Å². The second kappa shape index (κ2) is 6.73. The van der Waals surface area contributed by atoms with Crippen molar-refractivity contribution in [3.8, 4) is 16.9 Å². The first-order valence-corrected chi connectivity index (χ1v) is 9.46. The van der Waals surface area contributed by atoms with Gasteiger partial charge in [-0.25, -0.2) is 9.78 Å². The minimum absolute atomic E-state index is 0.301. The molecule has 0 radical (unpaired) electrons. The monoisotopic (exact) mass is 395 g/mol. The smallest absolute Gasteiger partial charge is 0.273 e. The molecule has 5 aromatic rings. The summed E-state index contributed by atoms with van der Waals surface area (Å²) in [5.74, 6) is 0. The molecule has 4 heterocycles. The van der Waals surface area contributed by atoms with Crippen LogP contribution < -0.4 is 11.2 Å². The second-order valence-electron chi connectivity index (χ2n) is 7.21. The molecular weight excluding hydrogens is 378 g/mol. The minimum atomic E-state index is -0.519. The van der Waals surface area contributed by atoms with Gasteiger partial charge in [-0.1, -0.05) is 12.1 Å². The maximum Gasteiger partial charge on any atom is 0.333 e. The van der Waals surface area contributed by atoms with E-state index in [0.717, 1.165) is 16.8 Å². The van der Waals surface area contributed by atoms with Crippen molar-refractivity contribution in [3.63, 3.8) is 0 Å². The number of H-pyrrole nitrogens is 1. The number of pyridine rings is 3. The predicted octanol–water partition coefficient (Wildman–Crippen LogP) is 3.30. The Morgan fingerprint density at radius 3 is 2.57 bits per heavy atom.